The maximum absolute atomic E-state index is 11.6. The number of hydrogen-bond acceptors (Lipinski definition) is 4. The Hall–Kier alpha value is -1.62. The number of carbonyl (C=O) groups excluding carboxylic acids is 2. The molecule has 0 radical (unpaired) electrons. The first-order valence-electron chi connectivity index (χ1n) is 5.14. The van der Waals surface area contributed by atoms with Crippen LogP contribution in [0.5, 0.6) is 0 Å². The van der Waals surface area contributed by atoms with Gasteiger partial charge in [0.1, 0.15) is 5.15 Å². The van der Waals surface area contributed by atoms with E-state index in [1.54, 1.807) is 6.92 Å². The molecule has 17 heavy (non-hydrogen) atoms. The highest BCUT2D eigenvalue weighted by atomic mass is 35.5. The molecule has 1 aromatic heterocycles. The zero-order chi connectivity index (χ0) is 12.8. The highest BCUT2D eigenvalue weighted by molar-refractivity contribution is 6.29. The molecule has 1 heterocycles. The second kappa shape index (κ2) is 6.20. The second-order valence-corrected chi connectivity index (χ2v) is 3.70. The summed E-state index contributed by atoms with van der Waals surface area (Å²) in [6.07, 6.45) is 0.466. The van der Waals surface area contributed by atoms with Crippen LogP contribution >= 0.6 is 11.6 Å². The number of nitrogens with zero attached hydrogens (tertiary/aromatic N) is 1. The predicted molar refractivity (Wildman–Crippen MR) is 62.8 cm³/mol. The molecule has 92 valence electrons. The standard InChI is InChI=1S/C11H13ClN2O3/c1-3-13-10(15)7(2)17-11(16)8-4-5-9(12)14-6-8/h4-7H,3H2,1-2H3,(H,13,15)/t7-/m0/s1. The zero-order valence-corrected chi connectivity index (χ0v) is 10.3. The molecule has 1 atom stereocenters. The molecule has 0 bridgehead atoms. The van der Waals surface area contributed by atoms with E-state index in [1.807, 2.05) is 0 Å². The molecular weight excluding hydrogens is 244 g/mol. The van der Waals surface area contributed by atoms with Crippen molar-refractivity contribution in [1.29, 1.82) is 0 Å². The van der Waals surface area contributed by atoms with Crippen LogP contribution in [0, 0.1) is 0 Å². The summed E-state index contributed by atoms with van der Waals surface area (Å²) in [5, 5.41) is 2.85. The summed E-state index contributed by atoms with van der Waals surface area (Å²) >= 11 is 5.59. The number of likely N-dealkylation sites (N-methyl/N-ethyl adjacent to an activating group) is 1. The van der Waals surface area contributed by atoms with Crippen molar-refractivity contribution in [2.24, 2.45) is 0 Å². The van der Waals surface area contributed by atoms with Gasteiger partial charge in [0.15, 0.2) is 6.10 Å². The van der Waals surface area contributed by atoms with Crippen molar-refractivity contribution in [2.75, 3.05) is 6.54 Å². The smallest absolute Gasteiger partial charge is 0.340 e. The lowest BCUT2D eigenvalue weighted by Crippen LogP contribution is -2.35. The van der Waals surface area contributed by atoms with Gasteiger partial charge in [-0.1, -0.05) is 11.6 Å². The highest BCUT2D eigenvalue weighted by Crippen LogP contribution is 2.07. The maximum Gasteiger partial charge on any atom is 0.340 e. The van der Waals surface area contributed by atoms with E-state index in [1.165, 1.54) is 25.3 Å². The topological polar surface area (TPSA) is 68.3 Å². The minimum atomic E-state index is -0.835. The van der Waals surface area contributed by atoms with Crippen LogP contribution in [0.2, 0.25) is 5.15 Å². The molecule has 1 aromatic rings. The van der Waals surface area contributed by atoms with Gasteiger partial charge in [0, 0.05) is 12.7 Å². The van der Waals surface area contributed by atoms with Crippen LogP contribution in [0.25, 0.3) is 0 Å². The SMILES string of the molecule is CCNC(=O)[C@H](C)OC(=O)c1ccc(Cl)nc1. The fourth-order valence-electron chi connectivity index (χ4n) is 1.10. The van der Waals surface area contributed by atoms with E-state index in [4.69, 9.17) is 16.3 Å². The van der Waals surface area contributed by atoms with Crippen LogP contribution in [0.15, 0.2) is 18.3 Å². The van der Waals surface area contributed by atoms with Gasteiger partial charge in [0.2, 0.25) is 0 Å². The number of ether oxygens (including phenoxy) is 1. The van der Waals surface area contributed by atoms with E-state index < -0.39 is 12.1 Å². The van der Waals surface area contributed by atoms with Gasteiger partial charge in [-0.25, -0.2) is 9.78 Å². The third-order valence-corrected chi connectivity index (χ3v) is 2.19. The van der Waals surface area contributed by atoms with Gasteiger partial charge in [-0.3, -0.25) is 4.79 Å². The van der Waals surface area contributed by atoms with E-state index in [2.05, 4.69) is 10.3 Å². The Kier molecular flexibility index (Phi) is 4.90. The number of esters is 1. The van der Waals surface area contributed by atoms with E-state index >= 15 is 0 Å². The molecule has 6 heteroatoms. The molecule has 0 saturated heterocycles. The van der Waals surface area contributed by atoms with Gasteiger partial charge in [0.05, 0.1) is 5.56 Å². The number of aromatic nitrogens is 1. The Labute approximate surface area is 104 Å². The summed E-state index contributed by atoms with van der Waals surface area (Å²) in [5.74, 6) is -0.935. The Morgan fingerprint density at radius 3 is 2.76 bits per heavy atom. The lowest BCUT2D eigenvalue weighted by atomic mass is 10.3. The predicted octanol–water partition coefficient (Wildman–Crippen LogP) is 1.42. The van der Waals surface area contributed by atoms with E-state index in [-0.39, 0.29) is 11.5 Å². The van der Waals surface area contributed by atoms with Crippen molar-refractivity contribution in [1.82, 2.24) is 10.3 Å². The number of hydrogen-bond donors (Lipinski definition) is 1. The van der Waals surface area contributed by atoms with Gasteiger partial charge in [-0.15, -0.1) is 0 Å². The summed E-state index contributed by atoms with van der Waals surface area (Å²) in [6, 6.07) is 2.97. The van der Waals surface area contributed by atoms with Crippen LogP contribution < -0.4 is 5.32 Å². The first-order chi connectivity index (χ1) is 8.04. The minimum Gasteiger partial charge on any atom is -0.449 e. The number of amides is 1. The molecule has 0 aliphatic heterocycles. The summed E-state index contributed by atoms with van der Waals surface area (Å²) in [4.78, 5) is 26.7. The molecule has 5 nitrogen and oxygen atoms in total. The average molecular weight is 257 g/mol. The van der Waals surface area contributed by atoms with Crippen molar-refractivity contribution in [2.45, 2.75) is 20.0 Å². The number of pyridine rings is 1. The Morgan fingerprint density at radius 1 is 1.53 bits per heavy atom. The third-order valence-electron chi connectivity index (χ3n) is 1.97. The van der Waals surface area contributed by atoms with E-state index in [0.717, 1.165) is 0 Å². The van der Waals surface area contributed by atoms with Crippen LogP contribution in [0.3, 0.4) is 0 Å². The van der Waals surface area contributed by atoms with Crippen LogP contribution in [0.4, 0.5) is 0 Å². The maximum atomic E-state index is 11.6. The normalized spacial score (nSPS) is 11.7. The highest BCUT2D eigenvalue weighted by Gasteiger charge is 2.18. The van der Waals surface area contributed by atoms with Crippen LogP contribution in [-0.2, 0) is 9.53 Å². The Bertz CT molecular complexity index is 406. The fourth-order valence-corrected chi connectivity index (χ4v) is 1.21. The number of nitrogens with one attached hydrogen (secondary N) is 1. The number of carbonyl (C=O) groups is 2. The van der Waals surface area contributed by atoms with Gasteiger partial charge in [-0.2, -0.15) is 0 Å². The number of rotatable bonds is 4. The van der Waals surface area contributed by atoms with Crippen molar-refractivity contribution in [3.8, 4) is 0 Å². The zero-order valence-electron chi connectivity index (χ0n) is 9.57. The largest absolute Gasteiger partial charge is 0.449 e. The quantitative estimate of drug-likeness (QED) is 0.653. The molecular formula is C11H13ClN2O3. The molecule has 0 spiro atoms. The second-order valence-electron chi connectivity index (χ2n) is 3.31. The molecule has 0 fully saturated rings. The monoisotopic (exact) mass is 256 g/mol. The van der Waals surface area contributed by atoms with Gasteiger partial charge in [0.25, 0.3) is 5.91 Å². The fraction of sp³-hybridized carbons (Fsp3) is 0.364. The first-order valence-corrected chi connectivity index (χ1v) is 5.52. The summed E-state index contributed by atoms with van der Waals surface area (Å²) < 4.78 is 4.96. The lowest BCUT2D eigenvalue weighted by molar-refractivity contribution is -0.128. The van der Waals surface area contributed by atoms with E-state index in [0.29, 0.717) is 11.7 Å². The van der Waals surface area contributed by atoms with Crippen molar-refractivity contribution >= 4 is 23.5 Å². The van der Waals surface area contributed by atoms with E-state index in [9.17, 15) is 9.59 Å². The molecule has 0 aliphatic carbocycles. The van der Waals surface area contributed by atoms with Crippen molar-refractivity contribution in [3.63, 3.8) is 0 Å². The Morgan fingerprint density at radius 2 is 2.24 bits per heavy atom. The third kappa shape index (κ3) is 4.03. The van der Waals surface area contributed by atoms with Gasteiger partial charge < -0.3 is 10.1 Å². The van der Waals surface area contributed by atoms with Crippen LogP contribution in [0.1, 0.15) is 24.2 Å². The lowest BCUT2D eigenvalue weighted by Gasteiger charge is -2.12. The average Bonchev–Trinajstić information content (AvgIpc) is 2.30. The minimum absolute atomic E-state index is 0.255. The summed E-state index contributed by atoms with van der Waals surface area (Å²) in [7, 11) is 0. The van der Waals surface area contributed by atoms with Gasteiger partial charge >= 0.3 is 5.97 Å². The van der Waals surface area contributed by atoms with Gasteiger partial charge in [-0.05, 0) is 26.0 Å². The molecule has 0 saturated carbocycles. The molecule has 0 unspecified atom stereocenters. The van der Waals surface area contributed by atoms with Crippen molar-refractivity contribution in [3.05, 3.63) is 29.0 Å². The summed E-state index contributed by atoms with van der Waals surface area (Å²) in [5.41, 5.74) is 0.255. The van der Waals surface area contributed by atoms with Crippen LogP contribution in [-0.4, -0.2) is 29.5 Å². The molecule has 1 rings (SSSR count). The van der Waals surface area contributed by atoms with Crippen molar-refractivity contribution < 1.29 is 14.3 Å². The molecule has 1 amide bonds. The number of halogens is 1. The molecule has 1 N–H and O–H groups in total. The molecule has 0 aromatic carbocycles. The first kappa shape index (κ1) is 13.4. The summed E-state index contributed by atoms with van der Waals surface area (Å²) in [6.45, 7) is 3.78. The Balaban J connectivity index is 2.60. The molecule has 0 aliphatic rings.